The van der Waals surface area contributed by atoms with Crippen molar-refractivity contribution in [3.63, 3.8) is 0 Å². The lowest BCUT2D eigenvalue weighted by molar-refractivity contribution is -0.144. The Hall–Kier alpha value is -1.32. The van der Waals surface area contributed by atoms with E-state index < -0.39 is 0 Å². The average molecular weight is 425 g/mol. The predicted octanol–water partition coefficient (Wildman–Crippen LogP) is 7.69. The molecule has 0 N–H and O–H groups in total. The molecule has 0 aromatic heterocycles. The zero-order valence-electron chi connectivity index (χ0n) is 19.9. The summed E-state index contributed by atoms with van der Waals surface area (Å²) in [5.74, 6) is -0.0768. The van der Waals surface area contributed by atoms with Crippen molar-refractivity contribution in [2.75, 3.05) is 13.2 Å². The first kappa shape index (κ1) is 28.7. The summed E-state index contributed by atoms with van der Waals surface area (Å²) in [7, 11) is 0. The minimum Gasteiger partial charge on any atom is -0.466 e. The van der Waals surface area contributed by atoms with E-state index in [2.05, 4.69) is 12.2 Å². The maximum atomic E-state index is 11.4. The molecule has 0 saturated carbocycles. The van der Waals surface area contributed by atoms with Gasteiger partial charge >= 0.3 is 11.9 Å². The van der Waals surface area contributed by atoms with Gasteiger partial charge in [-0.25, -0.2) is 0 Å². The lowest BCUT2D eigenvalue weighted by Crippen LogP contribution is -2.04. The second-order valence-corrected chi connectivity index (χ2v) is 8.23. The van der Waals surface area contributed by atoms with E-state index in [1.807, 2.05) is 13.8 Å². The molecule has 0 aliphatic heterocycles. The number of hydrogen-bond acceptors (Lipinski definition) is 4. The maximum Gasteiger partial charge on any atom is 0.305 e. The van der Waals surface area contributed by atoms with Crippen molar-refractivity contribution in [3.05, 3.63) is 12.2 Å². The number of hydrogen-bond donors (Lipinski definition) is 0. The fraction of sp³-hybridized carbons (Fsp3) is 0.846. The molecule has 0 radical (unpaired) electrons. The zero-order chi connectivity index (χ0) is 22.1. The summed E-state index contributed by atoms with van der Waals surface area (Å²) in [6.45, 7) is 5.15. The molecule has 0 heterocycles. The Morgan fingerprint density at radius 2 is 0.867 bits per heavy atom. The van der Waals surface area contributed by atoms with E-state index in [4.69, 9.17) is 9.47 Å². The molecular formula is C26H48O4. The van der Waals surface area contributed by atoms with E-state index >= 15 is 0 Å². The summed E-state index contributed by atoms with van der Waals surface area (Å²) in [4.78, 5) is 22.7. The SMILES string of the molecule is CCCOC(=O)CCCCC/C=C/CCCCCCCCCCCC(=O)OCCC. The number of allylic oxidation sites excluding steroid dienone is 2. The Balaban J connectivity index is 3.20. The minimum absolute atomic E-state index is 0.0321. The van der Waals surface area contributed by atoms with Crippen molar-refractivity contribution in [3.8, 4) is 0 Å². The molecule has 4 nitrogen and oxygen atoms in total. The van der Waals surface area contributed by atoms with Gasteiger partial charge in [-0.3, -0.25) is 9.59 Å². The highest BCUT2D eigenvalue weighted by Crippen LogP contribution is 2.12. The van der Waals surface area contributed by atoms with Gasteiger partial charge in [-0.2, -0.15) is 0 Å². The van der Waals surface area contributed by atoms with Gasteiger partial charge in [0.15, 0.2) is 0 Å². The van der Waals surface area contributed by atoms with Gasteiger partial charge in [0.1, 0.15) is 0 Å². The molecule has 0 spiro atoms. The maximum absolute atomic E-state index is 11.4. The van der Waals surface area contributed by atoms with Crippen LogP contribution in [0.5, 0.6) is 0 Å². The third kappa shape index (κ3) is 23.0. The van der Waals surface area contributed by atoms with Crippen LogP contribution in [0.2, 0.25) is 0 Å². The summed E-state index contributed by atoms with van der Waals surface area (Å²) < 4.78 is 10.1. The van der Waals surface area contributed by atoms with E-state index in [1.165, 1.54) is 51.4 Å². The van der Waals surface area contributed by atoms with Gasteiger partial charge in [0.2, 0.25) is 0 Å². The summed E-state index contributed by atoms with van der Waals surface area (Å²) in [6.07, 6.45) is 24.4. The second-order valence-electron chi connectivity index (χ2n) is 8.23. The third-order valence-electron chi connectivity index (χ3n) is 5.10. The Bertz CT molecular complexity index is 417. The predicted molar refractivity (Wildman–Crippen MR) is 126 cm³/mol. The molecule has 0 rings (SSSR count). The van der Waals surface area contributed by atoms with Crippen molar-refractivity contribution in [1.82, 2.24) is 0 Å². The second kappa shape index (κ2) is 24.0. The molecule has 0 aliphatic carbocycles. The lowest BCUT2D eigenvalue weighted by Gasteiger charge is -2.03. The number of rotatable bonds is 22. The van der Waals surface area contributed by atoms with E-state index in [1.54, 1.807) is 0 Å². The monoisotopic (exact) mass is 424 g/mol. The van der Waals surface area contributed by atoms with Gasteiger partial charge in [-0.05, 0) is 51.4 Å². The molecular weight excluding hydrogens is 376 g/mol. The Kier molecular flexibility index (Phi) is 22.9. The molecule has 0 aromatic rings. The molecule has 0 aromatic carbocycles. The van der Waals surface area contributed by atoms with Crippen LogP contribution in [0.15, 0.2) is 12.2 Å². The van der Waals surface area contributed by atoms with E-state index in [9.17, 15) is 9.59 Å². The topological polar surface area (TPSA) is 52.6 Å². The van der Waals surface area contributed by atoms with Crippen LogP contribution in [-0.4, -0.2) is 25.2 Å². The fourth-order valence-corrected chi connectivity index (χ4v) is 3.29. The standard InChI is InChI=1S/C26H48O4/c1-3-23-29-25(27)21-19-17-15-13-11-9-7-5-6-8-10-12-14-16-18-20-22-26(28)30-24-4-2/h9,11H,3-8,10,12-24H2,1-2H3/b11-9+. The van der Waals surface area contributed by atoms with Gasteiger partial charge in [0.05, 0.1) is 13.2 Å². The molecule has 4 heteroatoms. The molecule has 30 heavy (non-hydrogen) atoms. The molecule has 176 valence electrons. The summed E-state index contributed by atoms with van der Waals surface area (Å²) in [6, 6.07) is 0. The number of esters is 2. The first-order valence-electron chi connectivity index (χ1n) is 12.7. The van der Waals surface area contributed by atoms with Crippen molar-refractivity contribution < 1.29 is 19.1 Å². The van der Waals surface area contributed by atoms with E-state index in [0.29, 0.717) is 26.1 Å². The molecule has 0 atom stereocenters. The number of ether oxygens (including phenoxy) is 2. The summed E-state index contributed by atoms with van der Waals surface area (Å²) in [5, 5.41) is 0. The minimum atomic E-state index is -0.0446. The van der Waals surface area contributed by atoms with Crippen molar-refractivity contribution in [2.24, 2.45) is 0 Å². The van der Waals surface area contributed by atoms with Gasteiger partial charge in [-0.1, -0.05) is 77.4 Å². The number of carbonyl (C=O) groups is 2. The highest BCUT2D eigenvalue weighted by molar-refractivity contribution is 5.69. The van der Waals surface area contributed by atoms with Crippen LogP contribution in [0.25, 0.3) is 0 Å². The van der Waals surface area contributed by atoms with Gasteiger partial charge in [0.25, 0.3) is 0 Å². The highest BCUT2D eigenvalue weighted by Gasteiger charge is 2.02. The number of unbranched alkanes of at least 4 members (excludes halogenated alkanes) is 12. The van der Waals surface area contributed by atoms with Crippen molar-refractivity contribution in [1.29, 1.82) is 0 Å². The van der Waals surface area contributed by atoms with Crippen molar-refractivity contribution in [2.45, 2.75) is 129 Å². The van der Waals surface area contributed by atoms with Crippen molar-refractivity contribution >= 4 is 11.9 Å². The zero-order valence-corrected chi connectivity index (χ0v) is 19.9. The first-order chi connectivity index (χ1) is 14.7. The van der Waals surface area contributed by atoms with Crippen LogP contribution in [0, 0.1) is 0 Å². The molecule has 0 bridgehead atoms. The van der Waals surface area contributed by atoms with Gasteiger partial charge < -0.3 is 9.47 Å². The van der Waals surface area contributed by atoms with Crippen LogP contribution >= 0.6 is 0 Å². The van der Waals surface area contributed by atoms with E-state index in [0.717, 1.165) is 51.4 Å². The Morgan fingerprint density at radius 3 is 1.27 bits per heavy atom. The summed E-state index contributed by atoms with van der Waals surface area (Å²) >= 11 is 0. The third-order valence-corrected chi connectivity index (χ3v) is 5.10. The van der Waals surface area contributed by atoms with Crippen LogP contribution in [0.4, 0.5) is 0 Å². The normalized spacial score (nSPS) is 11.1. The Morgan fingerprint density at radius 1 is 0.533 bits per heavy atom. The van der Waals surface area contributed by atoms with Crippen LogP contribution in [0.1, 0.15) is 129 Å². The van der Waals surface area contributed by atoms with Crippen LogP contribution in [-0.2, 0) is 19.1 Å². The summed E-state index contributed by atoms with van der Waals surface area (Å²) in [5.41, 5.74) is 0. The molecule has 0 fully saturated rings. The lowest BCUT2D eigenvalue weighted by atomic mass is 10.1. The number of carbonyl (C=O) groups excluding carboxylic acids is 2. The first-order valence-corrected chi connectivity index (χ1v) is 12.7. The fourth-order valence-electron chi connectivity index (χ4n) is 3.29. The van der Waals surface area contributed by atoms with Crippen LogP contribution in [0.3, 0.4) is 0 Å². The van der Waals surface area contributed by atoms with Gasteiger partial charge in [0, 0.05) is 12.8 Å². The van der Waals surface area contributed by atoms with Gasteiger partial charge in [-0.15, -0.1) is 0 Å². The molecule has 0 aliphatic rings. The largest absolute Gasteiger partial charge is 0.466 e. The average Bonchev–Trinajstić information content (AvgIpc) is 2.75. The Labute approximate surface area is 186 Å². The molecule has 0 amide bonds. The highest BCUT2D eigenvalue weighted by atomic mass is 16.5. The quantitative estimate of drug-likeness (QED) is 0.101. The van der Waals surface area contributed by atoms with E-state index in [-0.39, 0.29) is 11.9 Å². The smallest absolute Gasteiger partial charge is 0.305 e. The van der Waals surface area contributed by atoms with Crippen LogP contribution < -0.4 is 0 Å². The molecule has 0 saturated heterocycles. The molecule has 0 unspecified atom stereocenters.